The van der Waals surface area contributed by atoms with Crippen LogP contribution < -0.4 is 15.0 Å². The van der Waals surface area contributed by atoms with Crippen molar-refractivity contribution in [2.24, 2.45) is 0 Å². The van der Waals surface area contributed by atoms with Crippen LogP contribution in [0.4, 0.5) is 5.69 Å². The molecule has 136 valence electrons. The van der Waals surface area contributed by atoms with Gasteiger partial charge in [-0.15, -0.1) is 0 Å². The van der Waals surface area contributed by atoms with Crippen molar-refractivity contribution < 1.29 is 14.3 Å². The highest BCUT2D eigenvalue weighted by molar-refractivity contribution is 6.31. The predicted octanol–water partition coefficient (Wildman–Crippen LogP) is 3.20. The van der Waals surface area contributed by atoms with Crippen molar-refractivity contribution in [2.45, 2.75) is 25.9 Å². The van der Waals surface area contributed by atoms with Crippen LogP contribution in [0.15, 0.2) is 48.5 Å². The Morgan fingerprint density at radius 3 is 2.69 bits per heavy atom. The van der Waals surface area contributed by atoms with E-state index >= 15 is 0 Å². The molecule has 0 aliphatic carbocycles. The molecule has 5 nitrogen and oxygen atoms in total. The second-order valence-corrected chi connectivity index (χ2v) is 6.54. The lowest BCUT2D eigenvalue weighted by atomic mass is 10.1. The molecule has 0 aromatic heterocycles. The van der Waals surface area contributed by atoms with Crippen molar-refractivity contribution in [1.82, 2.24) is 5.32 Å². The molecule has 0 fully saturated rings. The summed E-state index contributed by atoms with van der Waals surface area (Å²) < 4.78 is 5.81. The summed E-state index contributed by atoms with van der Waals surface area (Å²) in [4.78, 5) is 26.9. The van der Waals surface area contributed by atoms with E-state index in [0.717, 1.165) is 12.0 Å². The van der Waals surface area contributed by atoms with Gasteiger partial charge in [-0.2, -0.15) is 0 Å². The first kappa shape index (κ1) is 18.3. The van der Waals surface area contributed by atoms with E-state index in [9.17, 15) is 9.59 Å². The monoisotopic (exact) mass is 372 g/mol. The number of hydrogen-bond acceptors (Lipinski definition) is 3. The van der Waals surface area contributed by atoms with Gasteiger partial charge in [0.05, 0.1) is 18.7 Å². The molecule has 6 heteroatoms. The molecular weight excluding hydrogens is 352 g/mol. The Kier molecular flexibility index (Phi) is 5.78. The maximum atomic E-state index is 12.9. The van der Waals surface area contributed by atoms with Gasteiger partial charge in [-0.25, -0.2) is 0 Å². The lowest BCUT2D eigenvalue weighted by molar-refractivity contribution is -0.128. The van der Waals surface area contributed by atoms with Crippen molar-refractivity contribution in [1.29, 1.82) is 0 Å². The van der Waals surface area contributed by atoms with Crippen LogP contribution >= 0.6 is 11.6 Å². The summed E-state index contributed by atoms with van der Waals surface area (Å²) in [6.07, 6.45) is 0.272. The van der Waals surface area contributed by atoms with Crippen molar-refractivity contribution in [3.63, 3.8) is 0 Å². The number of nitrogens with one attached hydrogen (secondary N) is 1. The summed E-state index contributed by atoms with van der Waals surface area (Å²) >= 11 is 6.18. The second-order valence-electron chi connectivity index (χ2n) is 6.14. The first-order valence-corrected chi connectivity index (χ1v) is 9.05. The van der Waals surface area contributed by atoms with Gasteiger partial charge in [0, 0.05) is 11.6 Å². The van der Waals surface area contributed by atoms with Gasteiger partial charge in [0.1, 0.15) is 5.75 Å². The lowest BCUT2D eigenvalue weighted by Gasteiger charge is -2.34. The topological polar surface area (TPSA) is 58.6 Å². The van der Waals surface area contributed by atoms with Crippen LogP contribution in [-0.2, 0) is 16.0 Å². The number of para-hydroxylation sites is 2. The number of carbonyl (C=O) groups excluding carboxylic acids is 2. The molecule has 3 rings (SSSR count). The number of nitrogens with zero attached hydrogens (tertiary/aromatic N) is 1. The molecule has 0 unspecified atom stereocenters. The number of anilines is 1. The summed E-state index contributed by atoms with van der Waals surface area (Å²) in [6, 6.07) is 14.5. The molecule has 2 aromatic carbocycles. The molecule has 1 aliphatic rings. The van der Waals surface area contributed by atoms with Crippen LogP contribution in [0.5, 0.6) is 5.75 Å². The summed E-state index contributed by atoms with van der Waals surface area (Å²) in [5.74, 6) is 0.196. The lowest BCUT2D eigenvalue weighted by Crippen LogP contribution is -2.51. The minimum atomic E-state index is -0.730. The summed E-state index contributed by atoms with van der Waals surface area (Å²) in [5.41, 5.74) is 1.43. The minimum absolute atomic E-state index is 0.123. The Balaban J connectivity index is 1.83. The Morgan fingerprint density at radius 2 is 1.92 bits per heavy atom. The Hall–Kier alpha value is -2.53. The fraction of sp³-hybridized carbons (Fsp3) is 0.300. The van der Waals surface area contributed by atoms with Gasteiger partial charge in [0.15, 0.2) is 6.10 Å². The van der Waals surface area contributed by atoms with Crippen LogP contribution in [0.2, 0.25) is 5.02 Å². The zero-order valence-electron chi connectivity index (χ0n) is 14.6. The molecule has 1 N–H and O–H groups in total. The third kappa shape index (κ3) is 3.99. The zero-order valence-corrected chi connectivity index (χ0v) is 15.3. The minimum Gasteiger partial charge on any atom is -0.477 e. The average molecular weight is 373 g/mol. The van der Waals surface area contributed by atoms with E-state index in [1.54, 1.807) is 17.0 Å². The molecule has 1 aliphatic heterocycles. The molecule has 26 heavy (non-hydrogen) atoms. The summed E-state index contributed by atoms with van der Waals surface area (Å²) in [7, 11) is 0. The smallest absolute Gasteiger partial charge is 0.262 e. The Bertz CT molecular complexity index is 809. The van der Waals surface area contributed by atoms with Crippen molar-refractivity contribution in [2.75, 3.05) is 18.0 Å². The van der Waals surface area contributed by atoms with Crippen molar-refractivity contribution >= 4 is 29.1 Å². The molecule has 2 aromatic rings. The molecule has 0 spiro atoms. The third-order valence-electron chi connectivity index (χ3n) is 4.22. The first-order valence-electron chi connectivity index (χ1n) is 8.67. The van der Waals surface area contributed by atoms with E-state index in [4.69, 9.17) is 16.3 Å². The van der Waals surface area contributed by atoms with Crippen molar-refractivity contribution in [3.8, 4) is 5.75 Å². The maximum absolute atomic E-state index is 12.9. The summed E-state index contributed by atoms with van der Waals surface area (Å²) in [5, 5.41) is 3.38. The molecule has 1 heterocycles. The predicted molar refractivity (Wildman–Crippen MR) is 102 cm³/mol. The Morgan fingerprint density at radius 1 is 1.19 bits per heavy atom. The van der Waals surface area contributed by atoms with Crippen LogP contribution in [0.3, 0.4) is 0 Å². The fourth-order valence-corrected chi connectivity index (χ4v) is 3.07. The van der Waals surface area contributed by atoms with E-state index in [-0.39, 0.29) is 24.8 Å². The van der Waals surface area contributed by atoms with Crippen molar-refractivity contribution in [3.05, 3.63) is 59.1 Å². The molecule has 1 atom stereocenters. The van der Waals surface area contributed by atoms with Crippen LogP contribution in [0.1, 0.15) is 18.9 Å². The van der Waals surface area contributed by atoms with Gasteiger partial charge in [-0.3, -0.25) is 9.59 Å². The summed E-state index contributed by atoms with van der Waals surface area (Å²) in [6.45, 7) is 2.74. The van der Waals surface area contributed by atoms with Gasteiger partial charge < -0.3 is 15.0 Å². The van der Waals surface area contributed by atoms with Crippen LogP contribution in [0.25, 0.3) is 0 Å². The molecular formula is C20H21ClN2O3. The zero-order chi connectivity index (χ0) is 18.5. The quantitative estimate of drug-likeness (QED) is 0.876. The second kappa shape index (κ2) is 8.23. The standard InChI is InChI=1S/C20H21ClN2O3/c1-2-11-22-20(25)18-13-23(16-9-5-6-10-17(16)26-18)19(24)12-14-7-3-4-8-15(14)21/h3-10,18H,2,11-13H2,1H3,(H,22,25)/t18-/m1/s1. The molecule has 0 saturated heterocycles. The van der Waals surface area contributed by atoms with Gasteiger partial charge in [-0.05, 0) is 30.2 Å². The number of halogens is 1. The molecule has 2 amide bonds. The number of carbonyl (C=O) groups is 2. The SMILES string of the molecule is CCCNC(=O)[C@H]1CN(C(=O)Cc2ccccc2Cl)c2ccccc2O1. The molecule has 0 bridgehead atoms. The highest BCUT2D eigenvalue weighted by atomic mass is 35.5. The Labute approximate surface area is 157 Å². The maximum Gasteiger partial charge on any atom is 0.262 e. The molecule has 0 saturated carbocycles. The van der Waals surface area contributed by atoms with E-state index in [2.05, 4.69) is 5.32 Å². The molecule has 0 radical (unpaired) electrons. The van der Waals surface area contributed by atoms with E-state index in [1.807, 2.05) is 43.3 Å². The number of hydrogen-bond donors (Lipinski definition) is 1. The fourth-order valence-electron chi connectivity index (χ4n) is 2.87. The highest BCUT2D eigenvalue weighted by Crippen LogP contribution is 2.33. The average Bonchev–Trinajstić information content (AvgIpc) is 2.66. The number of fused-ring (bicyclic) bond motifs is 1. The largest absolute Gasteiger partial charge is 0.477 e. The van der Waals surface area contributed by atoms with E-state index < -0.39 is 6.10 Å². The number of ether oxygens (including phenoxy) is 1. The number of rotatable bonds is 5. The van der Waals surface area contributed by atoms with E-state index in [0.29, 0.717) is 23.0 Å². The first-order chi connectivity index (χ1) is 12.6. The van der Waals surface area contributed by atoms with Crippen LogP contribution in [-0.4, -0.2) is 31.0 Å². The number of benzene rings is 2. The van der Waals surface area contributed by atoms with Gasteiger partial charge in [0.2, 0.25) is 5.91 Å². The highest BCUT2D eigenvalue weighted by Gasteiger charge is 2.33. The normalized spacial score (nSPS) is 15.8. The number of amides is 2. The van der Waals surface area contributed by atoms with Crippen LogP contribution in [0, 0.1) is 0 Å². The van der Waals surface area contributed by atoms with Gasteiger partial charge in [0.25, 0.3) is 5.91 Å². The van der Waals surface area contributed by atoms with Gasteiger partial charge in [-0.1, -0.05) is 48.9 Å². The van der Waals surface area contributed by atoms with Gasteiger partial charge >= 0.3 is 0 Å². The van der Waals surface area contributed by atoms with E-state index in [1.165, 1.54) is 0 Å². The third-order valence-corrected chi connectivity index (χ3v) is 4.58.